The van der Waals surface area contributed by atoms with E-state index in [1.807, 2.05) is 0 Å². The first kappa shape index (κ1) is 14.0. The van der Waals surface area contributed by atoms with Gasteiger partial charge in [0.15, 0.2) is 0 Å². The number of amides is 1. The van der Waals surface area contributed by atoms with Crippen LogP contribution in [0.4, 0.5) is 5.69 Å². The number of aromatic carboxylic acids is 1. The van der Waals surface area contributed by atoms with Crippen LogP contribution in [0.15, 0.2) is 29.4 Å². The van der Waals surface area contributed by atoms with Crippen LogP contribution in [0.1, 0.15) is 10.4 Å². The number of hydrogen-bond acceptors (Lipinski definition) is 7. The standard InChI is InChI=1S/C11H11N5O3S/c1-16-11(13-14-15-16)20-6-9(17)12-8-4-2-3-7(5-8)10(18)19/h2-5H,6H2,1H3,(H,12,17)(H,18,19)/p-1. The van der Waals surface area contributed by atoms with E-state index in [1.54, 1.807) is 13.1 Å². The van der Waals surface area contributed by atoms with Crippen LogP contribution in [0.5, 0.6) is 0 Å². The second kappa shape index (κ2) is 6.15. The lowest BCUT2D eigenvalue weighted by molar-refractivity contribution is -0.255. The fourth-order valence-corrected chi connectivity index (χ4v) is 2.04. The van der Waals surface area contributed by atoms with Gasteiger partial charge < -0.3 is 15.2 Å². The minimum absolute atomic E-state index is 0.00737. The third-order valence-corrected chi connectivity index (χ3v) is 3.31. The van der Waals surface area contributed by atoms with Crippen LogP contribution in [-0.2, 0) is 11.8 Å². The summed E-state index contributed by atoms with van der Waals surface area (Å²) >= 11 is 1.18. The molecule has 0 bridgehead atoms. The van der Waals surface area contributed by atoms with Gasteiger partial charge in [-0.05, 0) is 28.1 Å². The van der Waals surface area contributed by atoms with Crippen molar-refractivity contribution in [3.8, 4) is 0 Å². The summed E-state index contributed by atoms with van der Waals surface area (Å²) in [6.45, 7) is 0. The highest BCUT2D eigenvalue weighted by Crippen LogP contribution is 2.14. The Morgan fingerprint density at radius 3 is 2.90 bits per heavy atom. The average Bonchev–Trinajstić information content (AvgIpc) is 2.82. The molecule has 2 aromatic rings. The van der Waals surface area contributed by atoms with Gasteiger partial charge in [0.05, 0.1) is 11.7 Å². The number of nitrogens with zero attached hydrogens (tertiary/aromatic N) is 4. The summed E-state index contributed by atoms with van der Waals surface area (Å²) in [5.41, 5.74) is 0.404. The second-order valence-corrected chi connectivity index (χ2v) is 4.73. The van der Waals surface area contributed by atoms with Gasteiger partial charge in [-0.3, -0.25) is 4.79 Å². The fraction of sp³-hybridized carbons (Fsp3) is 0.182. The molecule has 0 saturated carbocycles. The van der Waals surface area contributed by atoms with Crippen LogP contribution >= 0.6 is 11.8 Å². The molecular formula is C11H10N5O3S-. The fourth-order valence-electron chi connectivity index (χ4n) is 1.39. The molecule has 1 heterocycles. The Bertz CT molecular complexity index is 642. The van der Waals surface area contributed by atoms with Gasteiger partial charge in [-0.2, -0.15) is 0 Å². The van der Waals surface area contributed by atoms with Crippen LogP contribution < -0.4 is 10.4 Å². The minimum Gasteiger partial charge on any atom is -0.545 e. The quantitative estimate of drug-likeness (QED) is 0.725. The predicted octanol–water partition coefficient (Wildman–Crippen LogP) is -0.696. The Kier molecular flexibility index (Phi) is 4.31. The first-order valence-electron chi connectivity index (χ1n) is 5.52. The van der Waals surface area contributed by atoms with Crippen LogP contribution in [0.2, 0.25) is 0 Å². The molecule has 0 unspecified atom stereocenters. The van der Waals surface area contributed by atoms with E-state index in [1.165, 1.54) is 34.6 Å². The molecule has 1 aromatic heterocycles. The highest BCUT2D eigenvalue weighted by atomic mass is 32.2. The van der Waals surface area contributed by atoms with Gasteiger partial charge in [0.1, 0.15) is 0 Å². The Labute approximate surface area is 118 Å². The van der Waals surface area contributed by atoms with E-state index < -0.39 is 5.97 Å². The smallest absolute Gasteiger partial charge is 0.234 e. The van der Waals surface area contributed by atoms with Gasteiger partial charge in [-0.15, -0.1) is 5.10 Å². The van der Waals surface area contributed by atoms with Crippen molar-refractivity contribution in [3.63, 3.8) is 0 Å². The van der Waals surface area contributed by atoms with Crippen LogP contribution in [0, 0.1) is 0 Å². The number of aryl methyl sites for hydroxylation is 1. The van der Waals surface area contributed by atoms with E-state index in [0.29, 0.717) is 10.8 Å². The number of hydrogen-bond donors (Lipinski definition) is 1. The predicted molar refractivity (Wildman–Crippen MR) is 68.9 cm³/mol. The van der Waals surface area contributed by atoms with Crippen molar-refractivity contribution in [2.45, 2.75) is 5.16 Å². The number of rotatable bonds is 5. The van der Waals surface area contributed by atoms with Crippen molar-refractivity contribution in [1.29, 1.82) is 0 Å². The molecule has 2 rings (SSSR count). The lowest BCUT2D eigenvalue weighted by atomic mass is 10.2. The van der Waals surface area contributed by atoms with Crippen LogP contribution in [0.3, 0.4) is 0 Å². The molecule has 0 fully saturated rings. The topological polar surface area (TPSA) is 113 Å². The Balaban J connectivity index is 1.93. The number of thioether (sulfide) groups is 1. The van der Waals surface area contributed by atoms with Crippen LogP contribution in [-0.4, -0.2) is 37.8 Å². The van der Waals surface area contributed by atoms with Gasteiger partial charge in [-0.1, -0.05) is 23.9 Å². The first-order chi connectivity index (χ1) is 9.56. The minimum atomic E-state index is -1.29. The third kappa shape index (κ3) is 3.54. The lowest BCUT2D eigenvalue weighted by Gasteiger charge is -2.07. The van der Waals surface area contributed by atoms with Gasteiger partial charge in [0.2, 0.25) is 11.1 Å². The maximum Gasteiger partial charge on any atom is 0.234 e. The second-order valence-electron chi connectivity index (χ2n) is 3.79. The zero-order chi connectivity index (χ0) is 14.5. The van der Waals surface area contributed by atoms with Crippen molar-refractivity contribution in [2.24, 2.45) is 7.05 Å². The van der Waals surface area contributed by atoms with Crippen LogP contribution in [0.25, 0.3) is 0 Å². The molecule has 1 amide bonds. The number of anilines is 1. The molecule has 9 heteroatoms. The van der Waals surface area contributed by atoms with E-state index in [-0.39, 0.29) is 17.2 Å². The lowest BCUT2D eigenvalue weighted by Crippen LogP contribution is -2.22. The van der Waals surface area contributed by atoms with E-state index in [4.69, 9.17) is 0 Å². The number of carbonyl (C=O) groups is 2. The molecule has 20 heavy (non-hydrogen) atoms. The monoisotopic (exact) mass is 292 g/mol. The molecule has 0 aliphatic heterocycles. The van der Waals surface area contributed by atoms with Crippen molar-refractivity contribution < 1.29 is 14.7 Å². The molecule has 0 saturated heterocycles. The maximum absolute atomic E-state index is 11.7. The molecule has 0 atom stereocenters. The summed E-state index contributed by atoms with van der Waals surface area (Å²) in [5.74, 6) is -1.46. The summed E-state index contributed by atoms with van der Waals surface area (Å²) in [6, 6.07) is 5.85. The highest BCUT2D eigenvalue weighted by Gasteiger charge is 2.08. The molecule has 8 nitrogen and oxygen atoms in total. The SMILES string of the molecule is Cn1nnnc1SCC(=O)Nc1cccc(C(=O)[O-])c1. The summed E-state index contributed by atoms with van der Waals surface area (Å²) in [6.07, 6.45) is 0. The molecule has 1 aromatic carbocycles. The Morgan fingerprint density at radius 1 is 1.45 bits per heavy atom. The van der Waals surface area contributed by atoms with Crippen molar-refractivity contribution in [3.05, 3.63) is 29.8 Å². The van der Waals surface area contributed by atoms with Gasteiger partial charge in [0.25, 0.3) is 0 Å². The van der Waals surface area contributed by atoms with Gasteiger partial charge >= 0.3 is 0 Å². The van der Waals surface area contributed by atoms with E-state index in [0.717, 1.165) is 0 Å². The molecule has 1 N–H and O–H groups in total. The summed E-state index contributed by atoms with van der Waals surface area (Å²) in [7, 11) is 1.67. The third-order valence-electron chi connectivity index (χ3n) is 2.30. The van der Waals surface area contributed by atoms with E-state index >= 15 is 0 Å². The molecule has 0 radical (unpaired) electrons. The molecule has 0 aliphatic carbocycles. The number of aromatic nitrogens is 4. The number of carbonyl (C=O) groups excluding carboxylic acids is 2. The number of benzene rings is 1. The molecule has 0 aliphatic rings. The zero-order valence-corrected chi connectivity index (χ0v) is 11.3. The Morgan fingerprint density at radius 2 is 2.25 bits per heavy atom. The zero-order valence-electron chi connectivity index (χ0n) is 10.4. The number of carboxylic acid groups (broad SMARTS) is 1. The molecule has 0 spiro atoms. The number of nitrogens with one attached hydrogen (secondary N) is 1. The van der Waals surface area contributed by atoms with E-state index in [2.05, 4.69) is 20.8 Å². The number of tetrazole rings is 1. The van der Waals surface area contributed by atoms with Gasteiger partial charge in [-0.25, -0.2) is 4.68 Å². The molecular weight excluding hydrogens is 282 g/mol. The maximum atomic E-state index is 11.7. The molecule has 104 valence electrons. The van der Waals surface area contributed by atoms with Crippen molar-refractivity contribution in [1.82, 2.24) is 20.2 Å². The number of carboxylic acids is 1. The van der Waals surface area contributed by atoms with Crippen molar-refractivity contribution in [2.75, 3.05) is 11.1 Å². The largest absolute Gasteiger partial charge is 0.545 e. The van der Waals surface area contributed by atoms with Gasteiger partial charge in [0, 0.05) is 12.7 Å². The summed E-state index contributed by atoms with van der Waals surface area (Å²) in [5, 5.41) is 24.6. The van der Waals surface area contributed by atoms with E-state index in [9.17, 15) is 14.7 Å². The Hall–Kier alpha value is -2.42. The highest BCUT2D eigenvalue weighted by molar-refractivity contribution is 7.99. The summed E-state index contributed by atoms with van der Waals surface area (Å²) < 4.78 is 1.45. The summed E-state index contributed by atoms with van der Waals surface area (Å²) in [4.78, 5) is 22.4. The first-order valence-corrected chi connectivity index (χ1v) is 6.51. The average molecular weight is 292 g/mol. The normalized spacial score (nSPS) is 10.2. The van der Waals surface area contributed by atoms with Crippen molar-refractivity contribution >= 4 is 29.3 Å².